The van der Waals surface area contributed by atoms with Gasteiger partial charge in [-0.2, -0.15) is 4.98 Å². The van der Waals surface area contributed by atoms with E-state index in [0.717, 1.165) is 5.69 Å². The van der Waals surface area contributed by atoms with Gasteiger partial charge >= 0.3 is 0 Å². The van der Waals surface area contributed by atoms with E-state index in [4.69, 9.17) is 5.73 Å². The highest BCUT2D eigenvalue weighted by molar-refractivity contribution is 5.89. The summed E-state index contributed by atoms with van der Waals surface area (Å²) in [5, 5.41) is 0.601. The summed E-state index contributed by atoms with van der Waals surface area (Å²) in [6.07, 6.45) is 1.91. The van der Waals surface area contributed by atoms with Crippen LogP contribution < -0.4 is 15.8 Å². The molecule has 0 radical (unpaired) electrons. The first kappa shape index (κ1) is 10.7. The number of nitrogens with one attached hydrogen (secondary N) is 1. The summed E-state index contributed by atoms with van der Waals surface area (Å²) in [7, 11) is 7.87. The lowest BCUT2D eigenvalue weighted by Crippen LogP contribution is -2.35. The topological polar surface area (TPSA) is 76.7 Å². The van der Waals surface area contributed by atoms with Gasteiger partial charge in [-0.25, -0.2) is 0 Å². The number of aromatic nitrogens is 3. The van der Waals surface area contributed by atoms with Gasteiger partial charge in [0.25, 0.3) is 5.56 Å². The molecule has 2 aromatic heterocycles. The molecule has 86 valence electrons. The van der Waals surface area contributed by atoms with Gasteiger partial charge < -0.3 is 10.3 Å². The maximum Gasteiger partial charge on any atom is 0.267 e. The van der Waals surface area contributed by atoms with Crippen LogP contribution in [0, 0.1) is 0 Å². The minimum absolute atomic E-state index is 0.145. The van der Waals surface area contributed by atoms with E-state index in [1.165, 1.54) is 0 Å². The highest BCUT2D eigenvalue weighted by Crippen LogP contribution is 2.26. The summed E-state index contributed by atoms with van der Waals surface area (Å²) in [6, 6.07) is 0. The zero-order chi connectivity index (χ0) is 12.1. The van der Waals surface area contributed by atoms with Crippen molar-refractivity contribution in [2.45, 2.75) is 0 Å². The summed E-state index contributed by atoms with van der Waals surface area (Å²) >= 11 is 0. The molecule has 0 aliphatic heterocycles. The van der Waals surface area contributed by atoms with E-state index in [2.05, 4.69) is 9.97 Å². The van der Waals surface area contributed by atoms with E-state index < -0.39 is 0 Å². The molecule has 2 heterocycles. The number of aryl methyl sites for hydroxylation is 1. The van der Waals surface area contributed by atoms with Crippen LogP contribution in [0.25, 0.3) is 11.0 Å². The standard InChI is InChI=1S/C10H15N5O/c1-14-5-6(15(2,3)4)7-8(14)12-10(11)13-9(7)16/h5H,1-4H3,(H2-,11,12,13,16)/p+1. The van der Waals surface area contributed by atoms with E-state index in [1.807, 2.05) is 39.0 Å². The van der Waals surface area contributed by atoms with Crippen LogP contribution in [0.4, 0.5) is 11.6 Å². The molecule has 0 aliphatic rings. The Morgan fingerprint density at radius 1 is 1.44 bits per heavy atom. The minimum Gasteiger partial charge on any atom is -0.369 e. The Morgan fingerprint density at radius 2 is 2.06 bits per heavy atom. The van der Waals surface area contributed by atoms with Gasteiger partial charge in [-0.3, -0.25) is 14.3 Å². The SMILES string of the molecule is Cn1cc([N+](C)(C)C)c2c(=O)[nH]c(N)nc21. The van der Waals surface area contributed by atoms with Crippen LogP contribution in [-0.4, -0.2) is 35.7 Å². The number of nitrogens with zero attached hydrogens (tertiary/aromatic N) is 3. The molecule has 0 aliphatic carbocycles. The Bertz CT molecular complexity index is 602. The first-order valence-electron chi connectivity index (χ1n) is 4.97. The van der Waals surface area contributed by atoms with Crippen molar-refractivity contribution in [3.05, 3.63) is 16.6 Å². The lowest BCUT2D eigenvalue weighted by molar-refractivity contribution is 0.489. The van der Waals surface area contributed by atoms with Crippen LogP contribution in [0.5, 0.6) is 0 Å². The summed E-state index contributed by atoms with van der Waals surface area (Å²) < 4.78 is 2.38. The molecule has 6 nitrogen and oxygen atoms in total. The molecule has 0 bridgehead atoms. The number of nitrogen functional groups attached to an aromatic ring is 1. The van der Waals surface area contributed by atoms with Crippen LogP contribution in [0.3, 0.4) is 0 Å². The lowest BCUT2D eigenvalue weighted by Gasteiger charge is -2.21. The monoisotopic (exact) mass is 222 g/mol. The molecular weight excluding hydrogens is 206 g/mol. The second kappa shape index (κ2) is 3.08. The highest BCUT2D eigenvalue weighted by Gasteiger charge is 2.23. The predicted octanol–water partition coefficient (Wildman–Crippen LogP) is 0.0405. The van der Waals surface area contributed by atoms with Gasteiger partial charge in [-0.05, 0) is 0 Å². The molecule has 0 saturated heterocycles. The molecule has 2 aromatic rings. The number of anilines is 1. The van der Waals surface area contributed by atoms with E-state index in [9.17, 15) is 4.79 Å². The highest BCUT2D eigenvalue weighted by atomic mass is 16.1. The van der Waals surface area contributed by atoms with Crippen molar-refractivity contribution in [1.29, 1.82) is 0 Å². The summed E-state index contributed by atoms with van der Waals surface area (Å²) in [6.45, 7) is 0. The molecular formula is C10H16N5O+. The molecule has 3 N–H and O–H groups in total. The van der Waals surface area contributed by atoms with Gasteiger partial charge in [0.15, 0.2) is 11.3 Å². The maximum absolute atomic E-state index is 11.9. The molecule has 2 rings (SSSR count). The second-order valence-corrected chi connectivity index (χ2v) is 4.79. The number of H-pyrrole nitrogens is 1. The van der Waals surface area contributed by atoms with Crippen molar-refractivity contribution in [2.24, 2.45) is 7.05 Å². The Balaban J connectivity index is 2.95. The Morgan fingerprint density at radius 3 is 2.62 bits per heavy atom. The minimum atomic E-state index is -0.189. The predicted molar refractivity (Wildman–Crippen MR) is 65.3 cm³/mol. The molecule has 0 atom stereocenters. The fourth-order valence-electron chi connectivity index (χ4n) is 1.78. The lowest BCUT2D eigenvalue weighted by atomic mass is 10.3. The van der Waals surface area contributed by atoms with Crippen molar-refractivity contribution < 1.29 is 0 Å². The van der Waals surface area contributed by atoms with Crippen LogP contribution >= 0.6 is 0 Å². The third kappa shape index (κ3) is 1.47. The van der Waals surface area contributed by atoms with Crippen molar-refractivity contribution in [3.63, 3.8) is 0 Å². The number of quaternary nitrogens is 1. The number of hydrogen-bond donors (Lipinski definition) is 2. The zero-order valence-electron chi connectivity index (χ0n) is 9.90. The van der Waals surface area contributed by atoms with Gasteiger partial charge in [0, 0.05) is 7.05 Å². The summed E-state index contributed by atoms with van der Waals surface area (Å²) in [4.78, 5) is 18.6. The Kier molecular flexibility index (Phi) is 2.06. The third-order valence-corrected chi connectivity index (χ3v) is 2.55. The number of fused-ring (bicyclic) bond motifs is 1. The van der Waals surface area contributed by atoms with Gasteiger partial charge in [0.05, 0.1) is 27.3 Å². The molecule has 16 heavy (non-hydrogen) atoms. The van der Waals surface area contributed by atoms with Crippen molar-refractivity contribution in [1.82, 2.24) is 19.0 Å². The smallest absolute Gasteiger partial charge is 0.267 e. The van der Waals surface area contributed by atoms with Crippen LogP contribution in [0.1, 0.15) is 0 Å². The number of aromatic amines is 1. The van der Waals surface area contributed by atoms with Gasteiger partial charge in [0.2, 0.25) is 5.95 Å². The van der Waals surface area contributed by atoms with Crippen LogP contribution in [-0.2, 0) is 7.05 Å². The summed E-state index contributed by atoms with van der Waals surface area (Å²) in [5.41, 5.74) is 6.88. The number of nitrogens with two attached hydrogens (primary N) is 1. The molecule has 0 saturated carbocycles. The average molecular weight is 222 g/mol. The van der Waals surface area contributed by atoms with Crippen molar-refractivity contribution in [3.8, 4) is 0 Å². The zero-order valence-corrected chi connectivity index (χ0v) is 9.90. The van der Waals surface area contributed by atoms with E-state index >= 15 is 0 Å². The number of hydrogen-bond acceptors (Lipinski definition) is 3. The maximum atomic E-state index is 11.9. The van der Waals surface area contributed by atoms with Crippen LogP contribution in [0.15, 0.2) is 11.0 Å². The van der Waals surface area contributed by atoms with E-state index in [0.29, 0.717) is 15.5 Å². The van der Waals surface area contributed by atoms with Gasteiger partial charge in [-0.15, -0.1) is 0 Å². The third-order valence-electron chi connectivity index (χ3n) is 2.55. The van der Waals surface area contributed by atoms with Gasteiger partial charge in [-0.1, -0.05) is 0 Å². The molecule has 0 amide bonds. The molecule has 0 unspecified atom stereocenters. The molecule has 6 heteroatoms. The first-order chi connectivity index (χ1) is 7.30. The van der Waals surface area contributed by atoms with E-state index in [1.54, 1.807) is 0 Å². The summed E-state index contributed by atoms with van der Waals surface area (Å²) in [5.74, 6) is 0.145. The Hall–Kier alpha value is -1.82. The molecule has 0 spiro atoms. The second-order valence-electron chi connectivity index (χ2n) is 4.79. The first-order valence-corrected chi connectivity index (χ1v) is 4.97. The fourth-order valence-corrected chi connectivity index (χ4v) is 1.78. The normalized spacial score (nSPS) is 12.2. The van der Waals surface area contributed by atoms with Crippen LogP contribution in [0.2, 0.25) is 0 Å². The fraction of sp³-hybridized carbons (Fsp3) is 0.400. The molecule has 0 aromatic carbocycles. The quantitative estimate of drug-likeness (QED) is 0.669. The largest absolute Gasteiger partial charge is 0.369 e. The number of rotatable bonds is 1. The van der Waals surface area contributed by atoms with Crippen molar-refractivity contribution >= 4 is 22.7 Å². The van der Waals surface area contributed by atoms with E-state index in [-0.39, 0.29) is 11.5 Å². The molecule has 0 fully saturated rings. The van der Waals surface area contributed by atoms with Gasteiger partial charge in [0.1, 0.15) is 5.39 Å². The van der Waals surface area contributed by atoms with Crippen molar-refractivity contribution in [2.75, 3.05) is 26.9 Å². The average Bonchev–Trinajstić information content (AvgIpc) is 2.43. The Labute approximate surface area is 92.9 Å².